The number of carbonyl (C=O) groups excluding carboxylic acids is 1. The molecule has 0 amide bonds. The quantitative estimate of drug-likeness (QED) is 0.338. The number of nitrogens with zero attached hydrogens (tertiary/aromatic N) is 1. The predicted molar refractivity (Wildman–Crippen MR) is 130 cm³/mol. The molecule has 3 aromatic carbocycles. The molecule has 0 radical (unpaired) electrons. The largest absolute Gasteiger partial charge is 0.423 e. The third-order valence-electron chi connectivity index (χ3n) is 5.22. The number of halogens is 2. The molecule has 1 N–H and O–H groups in total. The van der Waals surface area contributed by atoms with Crippen molar-refractivity contribution < 1.29 is 17.9 Å². The number of benzene rings is 3. The number of hydrogen-bond acceptors (Lipinski definition) is 5. The highest BCUT2D eigenvalue weighted by molar-refractivity contribution is 7.90. The van der Waals surface area contributed by atoms with E-state index in [4.69, 9.17) is 27.9 Å². The van der Waals surface area contributed by atoms with Crippen LogP contribution < -0.4 is 10.1 Å². The Bertz CT molecular complexity index is 1420. The summed E-state index contributed by atoms with van der Waals surface area (Å²) in [4.78, 5) is 12.9. The van der Waals surface area contributed by atoms with Crippen molar-refractivity contribution in [1.29, 1.82) is 0 Å². The molecular weight excluding hydrogens is 483 g/mol. The summed E-state index contributed by atoms with van der Waals surface area (Å²) in [5.41, 5.74) is 2.88. The van der Waals surface area contributed by atoms with Gasteiger partial charge in [-0.1, -0.05) is 49.2 Å². The summed E-state index contributed by atoms with van der Waals surface area (Å²) in [6.45, 7) is 5.76. The molecule has 0 unspecified atom stereocenters. The van der Waals surface area contributed by atoms with Gasteiger partial charge in [-0.3, -0.25) is 0 Å². The molecule has 33 heavy (non-hydrogen) atoms. The molecule has 0 aliphatic carbocycles. The number of amidine groups is 1. The topological polar surface area (TPSA) is 84.8 Å². The molecule has 0 saturated carbocycles. The molecule has 0 bridgehead atoms. The van der Waals surface area contributed by atoms with Crippen LogP contribution in [0.5, 0.6) is 5.75 Å². The van der Waals surface area contributed by atoms with Crippen LogP contribution >= 0.6 is 23.2 Å². The lowest BCUT2D eigenvalue weighted by Gasteiger charge is -2.18. The molecule has 9 heteroatoms. The van der Waals surface area contributed by atoms with Gasteiger partial charge in [-0.05, 0) is 66.4 Å². The molecule has 1 heterocycles. The monoisotopic (exact) mass is 502 g/mol. The molecule has 6 nitrogen and oxygen atoms in total. The van der Waals surface area contributed by atoms with Gasteiger partial charge in [-0.25, -0.2) is 4.79 Å². The minimum Gasteiger partial charge on any atom is -0.423 e. The maximum Gasteiger partial charge on any atom is 0.345 e. The summed E-state index contributed by atoms with van der Waals surface area (Å²) < 4.78 is 34.3. The molecule has 0 spiro atoms. The second kappa shape index (κ2) is 8.82. The highest BCUT2D eigenvalue weighted by Crippen LogP contribution is 2.35. The zero-order valence-electron chi connectivity index (χ0n) is 18.0. The number of anilines is 1. The predicted octanol–water partition coefficient (Wildman–Crippen LogP) is 6.21. The number of fused-ring (bicyclic) bond motifs is 1. The summed E-state index contributed by atoms with van der Waals surface area (Å²) in [6.07, 6.45) is 0. The first kappa shape index (κ1) is 23.3. The summed E-state index contributed by atoms with van der Waals surface area (Å²) in [6, 6.07) is 14.8. The van der Waals surface area contributed by atoms with Gasteiger partial charge >= 0.3 is 5.97 Å². The average Bonchev–Trinajstić information content (AvgIpc) is 2.99. The lowest BCUT2D eigenvalue weighted by molar-refractivity contribution is 0.0733. The molecule has 1 aliphatic heterocycles. The van der Waals surface area contributed by atoms with Gasteiger partial charge in [0.15, 0.2) is 5.84 Å². The summed E-state index contributed by atoms with van der Waals surface area (Å²) in [5.74, 6) is 0.0570. The van der Waals surface area contributed by atoms with Crippen LogP contribution in [0.3, 0.4) is 0 Å². The van der Waals surface area contributed by atoms with Gasteiger partial charge in [0.05, 0.1) is 10.6 Å². The Kier molecular flexibility index (Phi) is 6.22. The molecule has 3 aromatic rings. The van der Waals surface area contributed by atoms with Gasteiger partial charge in [0.25, 0.3) is 10.0 Å². The van der Waals surface area contributed by atoms with Gasteiger partial charge in [-0.2, -0.15) is 8.42 Å². The zero-order chi connectivity index (χ0) is 23.9. The van der Waals surface area contributed by atoms with Crippen molar-refractivity contribution in [2.24, 2.45) is 4.40 Å². The van der Waals surface area contributed by atoms with Crippen molar-refractivity contribution in [3.8, 4) is 5.75 Å². The van der Waals surface area contributed by atoms with Crippen molar-refractivity contribution in [1.82, 2.24) is 0 Å². The number of aryl methyl sites for hydroxylation is 1. The van der Waals surface area contributed by atoms with Crippen molar-refractivity contribution in [2.75, 3.05) is 5.32 Å². The Balaban J connectivity index is 1.68. The fraction of sp³-hybridized carbons (Fsp3) is 0.167. The maximum atomic E-state index is 12.8. The smallest absolute Gasteiger partial charge is 0.345 e. The van der Waals surface area contributed by atoms with E-state index in [0.717, 1.165) is 11.1 Å². The number of ether oxygens (including phenoxy) is 1. The molecule has 170 valence electrons. The van der Waals surface area contributed by atoms with Gasteiger partial charge in [0.2, 0.25) is 0 Å². The first-order valence-corrected chi connectivity index (χ1v) is 12.3. The fourth-order valence-electron chi connectivity index (χ4n) is 3.51. The number of rotatable bonds is 4. The number of carbonyl (C=O) groups is 1. The van der Waals surface area contributed by atoms with Crippen LogP contribution in [0.1, 0.15) is 46.8 Å². The van der Waals surface area contributed by atoms with Crippen molar-refractivity contribution in [2.45, 2.75) is 31.6 Å². The normalized spacial score (nSPS) is 14.1. The van der Waals surface area contributed by atoms with E-state index < -0.39 is 16.0 Å². The van der Waals surface area contributed by atoms with E-state index in [-0.39, 0.29) is 27.2 Å². The summed E-state index contributed by atoms with van der Waals surface area (Å²) in [5, 5.41) is 3.76. The third kappa shape index (κ3) is 4.62. The highest BCUT2D eigenvalue weighted by atomic mass is 35.5. The number of hydrogen-bond donors (Lipinski definition) is 1. The van der Waals surface area contributed by atoms with Gasteiger partial charge in [0, 0.05) is 16.3 Å². The molecule has 0 fully saturated rings. The second-order valence-electron chi connectivity index (χ2n) is 7.91. The fourth-order valence-corrected chi connectivity index (χ4v) is 5.17. The lowest BCUT2D eigenvalue weighted by Crippen LogP contribution is -2.14. The molecule has 0 saturated heterocycles. The Morgan fingerprint density at radius 3 is 2.48 bits per heavy atom. The second-order valence-corrected chi connectivity index (χ2v) is 10.3. The van der Waals surface area contributed by atoms with E-state index in [0.29, 0.717) is 22.0 Å². The van der Waals surface area contributed by atoms with Gasteiger partial charge in [-0.15, -0.1) is 4.40 Å². The minimum atomic E-state index is -3.74. The molecule has 1 aliphatic rings. The Morgan fingerprint density at radius 1 is 1.06 bits per heavy atom. The van der Waals surface area contributed by atoms with Gasteiger partial charge in [0.1, 0.15) is 10.6 Å². The number of sulfonamides is 1. The molecule has 4 rings (SSSR count). The minimum absolute atomic E-state index is 0.0103. The Morgan fingerprint density at radius 2 is 1.79 bits per heavy atom. The SMILES string of the molecule is Cc1cc(OC(=O)c2ccc(Cl)cc2Cl)c(C(C)C)cc1NC1=NS(=O)(=O)c2ccccc21. The van der Waals surface area contributed by atoms with E-state index in [1.54, 1.807) is 30.3 Å². The maximum absolute atomic E-state index is 12.8. The van der Waals surface area contributed by atoms with Crippen LogP contribution in [0.25, 0.3) is 0 Å². The van der Waals surface area contributed by atoms with E-state index >= 15 is 0 Å². The van der Waals surface area contributed by atoms with Crippen LogP contribution in [0.15, 0.2) is 63.9 Å². The average molecular weight is 503 g/mol. The van der Waals surface area contributed by atoms with E-state index in [9.17, 15) is 13.2 Å². The van der Waals surface area contributed by atoms with Crippen LogP contribution in [-0.4, -0.2) is 20.2 Å². The zero-order valence-corrected chi connectivity index (χ0v) is 20.3. The van der Waals surface area contributed by atoms with Crippen molar-refractivity contribution in [3.05, 3.63) is 86.9 Å². The highest BCUT2D eigenvalue weighted by Gasteiger charge is 2.29. The van der Waals surface area contributed by atoms with Crippen LogP contribution in [0.4, 0.5) is 5.69 Å². The Hall–Kier alpha value is -2.87. The van der Waals surface area contributed by atoms with Crippen LogP contribution in [0, 0.1) is 6.92 Å². The lowest BCUT2D eigenvalue weighted by atomic mass is 9.98. The first-order chi connectivity index (χ1) is 15.6. The van der Waals surface area contributed by atoms with Crippen LogP contribution in [-0.2, 0) is 10.0 Å². The van der Waals surface area contributed by atoms with Crippen molar-refractivity contribution in [3.63, 3.8) is 0 Å². The number of nitrogens with one attached hydrogen (secondary N) is 1. The van der Waals surface area contributed by atoms with Crippen LogP contribution in [0.2, 0.25) is 10.0 Å². The third-order valence-corrected chi connectivity index (χ3v) is 7.10. The summed E-state index contributed by atoms with van der Waals surface area (Å²) in [7, 11) is -3.74. The summed E-state index contributed by atoms with van der Waals surface area (Å²) >= 11 is 12.1. The Labute approximate surface area is 202 Å². The van der Waals surface area contributed by atoms with Crippen molar-refractivity contribution >= 4 is 50.7 Å². The van der Waals surface area contributed by atoms with E-state index in [1.165, 1.54) is 18.2 Å². The van der Waals surface area contributed by atoms with E-state index in [1.807, 2.05) is 26.8 Å². The molecule has 0 aromatic heterocycles. The molecule has 0 atom stereocenters. The van der Waals surface area contributed by atoms with Gasteiger partial charge < -0.3 is 10.1 Å². The standard InChI is InChI=1S/C24H20Cl2N2O4S/c1-13(2)18-12-20(27-23-17-6-4-5-7-22(17)33(30,31)28-23)14(3)10-21(18)32-24(29)16-9-8-15(25)11-19(16)26/h4-13H,1-3H3,(H,27,28). The first-order valence-electron chi connectivity index (χ1n) is 10.1. The molecular formula is C24H20Cl2N2O4S. The van der Waals surface area contributed by atoms with E-state index in [2.05, 4.69) is 9.71 Å². The number of esters is 1.